The van der Waals surface area contributed by atoms with Crippen molar-refractivity contribution in [1.29, 1.82) is 0 Å². The van der Waals surface area contributed by atoms with Crippen LogP contribution in [0.15, 0.2) is 55.0 Å². The van der Waals surface area contributed by atoms with Gasteiger partial charge in [0.25, 0.3) is 0 Å². The summed E-state index contributed by atoms with van der Waals surface area (Å²) in [6.07, 6.45) is 7.91. The van der Waals surface area contributed by atoms with Crippen molar-refractivity contribution >= 4 is 10.9 Å². The zero-order valence-electron chi connectivity index (χ0n) is 12.9. The van der Waals surface area contributed by atoms with Crippen LogP contribution in [-0.4, -0.2) is 28.2 Å². The fourth-order valence-corrected chi connectivity index (χ4v) is 3.68. The van der Waals surface area contributed by atoms with E-state index in [1.807, 2.05) is 30.5 Å². The van der Waals surface area contributed by atoms with Crippen LogP contribution in [0, 0.1) is 0 Å². The molecule has 0 radical (unpaired) electrons. The Morgan fingerprint density at radius 2 is 1.83 bits per heavy atom. The average molecular weight is 306 g/mol. The summed E-state index contributed by atoms with van der Waals surface area (Å²) in [6.45, 7) is 2.25. The molecule has 1 aliphatic rings. The number of phenols is 1. The first-order valence-corrected chi connectivity index (χ1v) is 8.15. The number of nitrogens with one attached hydrogen (secondary N) is 1. The predicted octanol–water partition coefficient (Wildman–Crippen LogP) is 2.10. The molecule has 4 heteroatoms. The minimum absolute atomic E-state index is 0.109. The molecule has 4 rings (SSSR count). The molecule has 116 valence electrons. The highest BCUT2D eigenvalue weighted by atomic mass is 16.3. The van der Waals surface area contributed by atoms with E-state index in [0.717, 1.165) is 29.6 Å². The summed E-state index contributed by atoms with van der Waals surface area (Å²) < 4.78 is 0. The molecule has 1 fully saturated rings. The third-order valence-corrected chi connectivity index (χ3v) is 4.76. The lowest BCUT2D eigenvalue weighted by molar-refractivity contribution is -0.913. The van der Waals surface area contributed by atoms with E-state index in [-0.39, 0.29) is 6.04 Å². The molecule has 3 aromatic rings. The molecule has 3 heterocycles. The fraction of sp³-hybridized carbons (Fsp3) is 0.263. The van der Waals surface area contributed by atoms with Crippen LogP contribution < -0.4 is 4.90 Å². The van der Waals surface area contributed by atoms with E-state index in [2.05, 4.69) is 22.1 Å². The highest BCUT2D eigenvalue weighted by Crippen LogP contribution is 2.33. The number of fused-ring (bicyclic) bond motifs is 1. The summed E-state index contributed by atoms with van der Waals surface area (Å²) in [5.41, 5.74) is 2.77. The number of hydrogen-bond acceptors (Lipinski definition) is 3. The van der Waals surface area contributed by atoms with Crippen molar-refractivity contribution in [2.75, 3.05) is 13.1 Å². The minimum atomic E-state index is 0.109. The summed E-state index contributed by atoms with van der Waals surface area (Å²) in [7, 11) is 0. The molecule has 2 aromatic heterocycles. The van der Waals surface area contributed by atoms with Crippen molar-refractivity contribution < 1.29 is 10.0 Å². The Kier molecular flexibility index (Phi) is 3.67. The van der Waals surface area contributed by atoms with E-state index in [0.29, 0.717) is 11.3 Å². The third-order valence-electron chi connectivity index (χ3n) is 4.76. The summed E-state index contributed by atoms with van der Waals surface area (Å²) in [4.78, 5) is 10.1. The van der Waals surface area contributed by atoms with Crippen LogP contribution in [0.2, 0.25) is 0 Å². The van der Waals surface area contributed by atoms with E-state index in [1.54, 1.807) is 12.4 Å². The highest BCUT2D eigenvalue weighted by molar-refractivity contribution is 5.85. The van der Waals surface area contributed by atoms with Gasteiger partial charge in [-0.2, -0.15) is 0 Å². The van der Waals surface area contributed by atoms with Crippen molar-refractivity contribution in [2.24, 2.45) is 0 Å². The molecule has 0 spiro atoms. The zero-order chi connectivity index (χ0) is 15.6. The first-order chi connectivity index (χ1) is 11.3. The average Bonchev–Trinajstić information content (AvgIpc) is 3.13. The Bertz CT molecular complexity index is 813. The molecule has 0 bridgehead atoms. The lowest BCUT2D eigenvalue weighted by Crippen LogP contribution is -3.10. The van der Waals surface area contributed by atoms with E-state index >= 15 is 0 Å². The monoisotopic (exact) mass is 306 g/mol. The SMILES string of the molecule is Oc1c(C(c2cccnc2)[NH+]2CCCC2)ccc2cccnc12. The summed E-state index contributed by atoms with van der Waals surface area (Å²) >= 11 is 0. The number of hydrogen-bond donors (Lipinski definition) is 2. The van der Waals surface area contributed by atoms with Gasteiger partial charge >= 0.3 is 0 Å². The molecule has 0 aliphatic carbocycles. The molecule has 0 saturated carbocycles. The number of aromatic hydroxyl groups is 1. The maximum Gasteiger partial charge on any atom is 0.151 e. The second-order valence-electron chi connectivity index (χ2n) is 6.16. The molecule has 1 aliphatic heterocycles. The predicted molar refractivity (Wildman–Crippen MR) is 89.4 cm³/mol. The molecule has 0 amide bonds. The topological polar surface area (TPSA) is 50.5 Å². The summed E-state index contributed by atoms with van der Waals surface area (Å²) in [5, 5.41) is 11.8. The smallest absolute Gasteiger partial charge is 0.151 e. The Morgan fingerprint density at radius 1 is 1.00 bits per heavy atom. The number of quaternary nitrogens is 1. The van der Waals surface area contributed by atoms with Gasteiger partial charge in [0, 0.05) is 42.4 Å². The second kappa shape index (κ2) is 5.97. The zero-order valence-corrected chi connectivity index (χ0v) is 12.9. The Hall–Kier alpha value is -2.46. The molecular formula is C19H20N3O+. The van der Waals surface area contributed by atoms with E-state index in [4.69, 9.17) is 0 Å². The van der Waals surface area contributed by atoms with Gasteiger partial charge in [0.2, 0.25) is 0 Å². The van der Waals surface area contributed by atoms with Crippen LogP contribution in [0.4, 0.5) is 0 Å². The Morgan fingerprint density at radius 3 is 2.61 bits per heavy atom. The van der Waals surface area contributed by atoms with Gasteiger partial charge in [-0.15, -0.1) is 0 Å². The number of rotatable bonds is 3. The van der Waals surface area contributed by atoms with Gasteiger partial charge in [0.1, 0.15) is 11.6 Å². The van der Waals surface area contributed by atoms with Crippen molar-refractivity contribution in [3.63, 3.8) is 0 Å². The molecular weight excluding hydrogens is 286 g/mol. The van der Waals surface area contributed by atoms with Gasteiger partial charge in [0.05, 0.1) is 18.7 Å². The number of nitrogens with zero attached hydrogens (tertiary/aromatic N) is 2. The molecule has 1 saturated heterocycles. The van der Waals surface area contributed by atoms with Crippen LogP contribution in [0.5, 0.6) is 5.75 Å². The fourth-order valence-electron chi connectivity index (χ4n) is 3.68. The standard InChI is InChI=1S/C19H19N3O/c23-19-16(8-7-14-5-4-10-21-17(14)19)18(22-11-1-2-12-22)15-6-3-9-20-13-15/h3-10,13,18,23H,1-2,11-12H2/p+1. The summed E-state index contributed by atoms with van der Waals surface area (Å²) in [5.74, 6) is 0.302. The maximum atomic E-state index is 10.8. The van der Waals surface area contributed by atoms with Gasteiger partial charge in [-0.25, -0.2) is 0 Å². The van der Waals surface area contributed by atoms with Gasteiger partial charge in [-0.1, -0.05) is 12.1 Å². The largest absolute Gasteiger partial charge is 0.505 e. The number of likely N-dealkylation sites (tertiary alicyclic amines) is 1. The Balaban J connectivity index is 1.88. The maximum absolute atomic E-state index is 10.8. The van der Waals surface area contributed by atoms with Gasteiger partial charge < -0.3 is 10.0 Å². The normalized spacial score (nSPS) is 16.7. The van der Waals surface area contributed by atoms with Crippen molar-refractivity contribution in [1.82, 2.24) is 9.97 Å². The molecule has 1 aromatic carbocycles. The van der Waals surface area contributed by atoms with Gasteiger partial charge in [-0.05, 0) is 24.3 Å². The van der Waals surface area contributed by atoms with Crippen molar-refractivity contribution in [2.45, 2.75) is 18.9 Å². The number of aromatic nitrogens is 2. The van der Waals surface area contributed by atoms with Crippen molar-refractivity contribution in [3.05, 3.63) is 66.1 Å². The molecule has 4 nitrogen and oxygen atoms in total. The van der Waals surface area contributed by atoms with E-state index in [1.165, 1.54) is 17.7 Å². The van der Waals surface area contributed by atoms with Crippen LogP contribution in [0.25, 0.3) is 10.9 Å². The number of benzene rings is 1. The van der Waals surface area contributed by atoms with Gasteiger partial charge in [-0.3, -0.25) is 9.97 Å². The van der Waals surface area contributed by atoms with Crippen molar-refractivity contribution in [3.8, 4) is 5.75 Å². The first-order valence-electron chi connectivity index (χ1n) is 8.15. The van der Waals surface area contributed by atoms with E-state index < -0.39 is 0 Å². The first kappa shape index (κ1) is 14.2. The second-order valence-corrected chi connectivity index (χ2v) is 6.16. The molecule has 2 N–H and O–H groups in total. The number of pyridine rings is 2. The Labute approximate surface area is 135 Å². The molecule has 1 unspecified atom stereocenters. The lowest BCUT2D eigenvalue weighted by Gasteiger charge is -2.26. The van der Waals surface area contributed by atoms with Crippen LogP contribution in [0.1, 0.15) is 30.0 Å². The number of phenolic OH excluding ortho intramolecular Hbond substituents is 1. The van der Waals surface area contributed by atoms with Crippen LogP contribution in [-0.2, 0) is 0 Å². The van der Waals surface area contributed by atoms with Gasteiger partial charge in [0.15, 0.2) is 5.75 Å². The third kappa shape index (κ3) is 2.55. The molecule has 1 atom stereocenters. The van der Waals surface area contributed by atoms with Crippen LogP contribution >= 0.6 is 0 Å². The lowest BCUT2D eigenvalue weighted by atomic mass is 9.96. The van der Waals surface area contributed by atoms with E-state index in [9.17, 15) is 5.11 Å². The van der Waals surface area contributed by atoms with Crippen LogP contribution in [0.3, 0.4) is 0 Å². The highest BCUT2D eigenvalue weighted by Gasteiger charge is 2.31. The minimum Gasteiger partial charge on any atom is -0.505 e. The molecule has 23 heavy (non-hydrogen) atoms. The quantitative estimate of drug-likeness (QED) is 0.779. The summed E-state index contributed by atoms with van der Waals surface area (Å²) in [6, 6.07) is 12.1.